The fourth-order valence-corrected chi connectivity index (χ4v) is 5.37. The molecule has 31 heavy (non-hydrogen) atoms. The van der Waals surface area contributed by atoms with Gasteiger partial charge in [0.25, 0.3) is 0 Å². The minimum absolute atomic E-state index is 0.0450. The molecule has 2 aromatic heterocycles. The molecule has 0 saturated heterocycles. The van der Waals surface area contributed by atoms with Gasteiger partial charge in [0.15, 0.2) is 22.5 Å². The number of hydrogen-bond acceptors (Lipinski definition) is 8. The maximum Gasteiger partial charge on any atom is 0.172 e. The average molecular weight is 437 g/mol. The number of terminal acetylenes is 1. The third kappa shape index (κ3) is 3.70. The van der Waals surface area contributed by atoms with E-state index in [1.165, 1.54) is 0 Å². The first-order valence-corrected chi connectivity index (χ1v) is 11.8. The molecule has 4 heterocycles. The summed E-state index contributed by atoms with van der Waals surface area (Å²) < 4.78 is 12.4. The maximum atomic E-state index is 12.4. The Kier molecular flexibility index (Phi) is 5.20. The van der Waals surface area contributed by atoms with Crippen molar-refractivity contribution in [2.75, 3.05) is 35.7 Å². The molecule has 9 heteroatoms. The highest BCUT2D eigenvalue weighted by Gasteiger charge is 2.38. The van der Waals surface area contributed by atoms with Crippen molar-refractivity contribution in [2.24, 2.45) is 0 Å². The Morgan fingerprint density at radius 1 is 1.26 bits per heavy atom. The highest BCUT2D eigenvalue weighted by atomic mass is 32.2. The summed E-state index contributed by atoms with van der Waals surface area (Å²) in [5, 5.41) is 13.9. The highest BCUT2D eigenvalue weighted by molar-refractivity contribution is 7.85. The molecule has 0 spiro atoms. The van der Waals surface area contributed by atoms with Crippen molar-refractivity contribution in [1.82, 2.24) is 19.9 Å². The van der Waals surface area contributed by atoms with Crippen LogP contribution >= 0.6 is 0 Å². The third-order valence-corrected chi connectivity index (χ3v) is 7.60. The predicted octanol–water partition coefficient (Wildman–Crippen LogP) is 1.53. The zero-order valence-corrected chi connectivity index (χ0v) is 18.0. The van der Waals surface area contributed by atoms with E-state index in [0.29, 0.717) is 41.0 Å². The van der Waals surface area contributed by atoms with Gasteiger partial charge in [0, 0.05) is 37.7 Å². The lowest BCUT2D eigenvalue weighted by molar-refractivity contribution is 0.143. The minimum Gasteiger partial charge on any atom is -0.394 e. The highest BCUT2D eigenvalue weighted by Crippen LogP contribution is 2.38. The fourth-order valence-electron chi connectivity index (χ4n) is 4.19. The lowest BCUT2D eigenvalue weighted by atomic mass is 9.77. The van der Waals surface area contributed by atoms with Crippen LogP contribution in [0.25, 0.3) is 5.57 Å². The van der Waals surface area contributed by atoms with Crippen LogP contribution in [0.3, 0.4) is 0 Å². The number of hydrogen-bond donors (Lipinski definition) is 2. The molecule has 0 unspecified atom stereocenters. The number of aryl methyl sites for hydroxylation is 1. The first-order chi connectivity index (χ1) is 15.1. The number of aliphatic hydroxyl groups is 1. The zero-order valence-electron chi connectivity index (χ0n) is 17.2. The Balaban J connectivity index is 1.43. The van der Waals surface area contributed by atoms with Crippen molar-refractivity contribution in [1.29, 1.82) is 0 Å². The third-order valence-electron chi connectivity index (χ3n) is 6.26. The Bertz CT molecular complexity index is 1100. The summed E-state index contributed by atoms with van der Waals surface area (Å²) in [5.41, 5.74) is 2.20. The van der Waals surface area contributed by atoms with Crippen LogP contribution in [-0.4, -0.2) is 60.2 Å². The summed E-state index contributed by atoms with van der Waals surface area (Å²) in [6.07, 6.45) is 15.1. The van der Waals surface area contributed by atoms with E-state index in [4.69, 9.17) is 16.4 Å². The summed E-state index contributed by atoms with van der Waals surface area (Å²) >= 11 is 0. The van der Waals surface area contributed by atoms with Crippen LogP contribution in [0.1, 0.15) is 42.8 Å². The summed E-state index contributed by atoms with van der Waals surface area (Å²) in [6.45, 7) is 1.43. The van der Waals surface area contributed by atoms with Gasteiger partial charge in [0.05, 0.1) is 34.2 Å². The first-order valence-electron chi connectivity index (χ1n) is 10.5. The van der Waals surface area contributed by atoms with Gasteiger partial charge in [-0.25, -0.2) is 19.9 Å². The van der Waals surface area contributed by atoms with E-state index in [2.05, 4.69) is 32.2 Å². The van der Waals surface area contributed by atoms with Gasteiger partial charge in [-0.1, -0.05) is 12.0 Å². The summed E-state index contributed by atoms with van der Waals surface area (Å²) in [6, 6.07) is 0. The van der Waals surface area contributed by atoms with Crippen molar-refractivity contribution < 1.29 is 9.32 Å². The number of nitrogens with zero attached hydrogens (tertiary/aromatic N) is 5. The smallest absolute Gasteiger partial charge is 0.172 e. The Morgan fingerprint density at radius 3 is 2.68 bits per heavy atom. The molecule has 5 rings (SSSR count). The Hall–Kier alpha value is -2.83. The van der Waals surface area contributed by atoms with Crippen LogP contribution in [0.4, 0.5) is 11.6 Å². The number of fused-ring (bicyclic) bond motifs is 1. The van der Waals surface area contributed by atoms with Gasteiger partial charge in [-0.3, -0.25) is 4.21 Å². The van der Waals surface area contributed by atoms with Crippen molar-refractivity contribution in [3.8, 4) is 12.3 Å². The monoisotopic (exact) mass is 436 g/mol. The first kappa shape index (κ1) is 20.1. The number of aromatic nitrogens is 4. The molecule has 2 N–H and O–H groups in total. The summed E-state index contributed by atoms with van der Waals surface area (Å²) in [7, 11) is -1.11. The van der Waals surface area contributed by atoms with Crippen LogP contribution in [0.2, 0.25) is 0 Å². The van der Waals surface area contributed by atoms with Crippen LogP contribution < -0.4 is 10.2 Å². The lowest BCUT2D eigenvalue weighted by Crippen LogP contribution is -2.49. The molecule has 1 fully saturated rings. The molecule has 1 aliphatic carbocycles. The van der Waals surface area contributed by atoms with Gasteiger partial charge in [0.1, 0.15) is 0 Å². The number of aliphatic hydroxyl groups excluding tert-OH is 1. The molecule has 2 aromatic rings. The largest absolute Gasteiger partial charge is 0.394 e. The van der Waals surface area contributed by atoms with E-state index >= 15 is 0 Å². The van der Waals surface area contributed by atoms with Crippen molar-refractivity contribution in [3.05, 3.63) is 35.6 Å². The standard InChI is InChI=1S/C22H24N6O2S/c1-2-15-12-23-18(24-13-15)16-4-9-28(10-5-16)20-19(27-22(14-29)7-3-8-22)26-21-17(25-20)6-11-31(21)30/h1,4,12-13,29H,3,5-11,14H2,(H,26,27)/t31-/m1/s1. The topological polar surface area (TPSA) is 104 Å². The van der Waals surface area contributed by atoms with Crippen LogP contribution in [0.5, 0.6) is 0 Å². The molecule has 2 aliphatic heterocycles. The molecule has 0 radical (unpaired) electrons. The molecule has 3 aliphatic rings. The molecule has 1 atom stereocenters. The lowest BCUT2D eigenvalue weighted by Gasteiger charge is -2.42. The van der Waals surface area contributed by atoms with Gasteiger partial charge in [-0.05, 0) is 31.3 Å². The molecule has 0 bridgehead atoms. The van der Waals surface area contributed by atoms with Crippen LogP contribution in [-0.2, 0) is 17.2 Å². The SMILES string of the molecule is C#Cc1cnc(C2=CCN(c3nc4c(nc3NC3(CO)CCC3)[S@](=O)CC4)CC2)nc1. The van der Waals surface area contributed by atoms with E-state index < -0.39 is 10.8 Å². The number of rotatable bonds is 5. The van der Waals surface area contributed by atoms with E-state index in [9.17, 15) is 9.32 Å². The molecule has 8 nitrogen and oxygen atoms in total. The van der Waals surface area contributed by atoms with Gasteiger partial charge >= 0.3 is 0 Å². The molecule has 0 amide bonds. The van der Waals surface area contributed by atoms with Gasteiger partial charge < -0.3 is 15.3 Å². The van der Waals surface area contributed by atoms with Crippen LogP contribution in [0.15, 0.2) is 23.5 Å². The second-order valence-electron chi connectivity index (χ2n) is 8.23. The Labute approximate surface area is 183 Å². The van der Waals surface area contributed by atoms with E-state index in [1.54, 1.807) is 12.4 Å². The molecule has 160 valence electrons. The number of nitrogens with one attached hydrogen (secondary N) is 1. The normalized spacial score (nSPS) is 21.6. The quantitative estimate of drug-likeness (QED) is 0.680. The van der Waals surface area contributed by atoms with E-state index in [1.807, 2.05) is 0 Å². The second kappa shape index (κ2) is 8.02. The molecule has 0 aromatic carbocycles. The van der Waals surface area contributed by atoms with Crippen molar-refractivity contribution in [3.63, 3.8) is 0 Å². The molecule has 1 saturated carbocycles. The predicted molar refractivity (Wildman–Crippen MR) is 119 cm³/mol. The summed E-state index contributed by atoms with van der Waals surface area (Å²) in [4.78, 5) is 20.5. The van der Waals surface area contributed by atoms with Crippen molar-refractivity contribution >= 4 is 28.0 Å². The minimum atomic E-state index is -1.11. The van der Waals surface area contributed by atoms with Crippen molar-refractivity contribution in [2.45, 2.75) is 42.7 Å². The van der Waals surface area contributed by atoms with Gasteiger partial charge in [-0.2, -0.15) is 0 Å². The maximum absolute atomic E-state index is 12.4. The second-order valence-corrected chi connectivity index (χ2v) is 9.72. The number of anilines is 2. The zero-order chi connectivity index (χ0) is 21.4. The van der Waals surface area contributed by atoms with E-state index in [-0.39, 0.29) is 12.1 Å². The molecular weight excluding hydrogens is 412 g/mol. The Morgan fingerprint density at radius 2 is 2.06 bits per heavy atom. The average Bonchev–Trinajstić information content (AvgIpc) is 3.15. The van der Waals surface area contributed by atoms with Crippen LogP contribution in [0, 0.1) is 12.3 Å². The fraction of sp³-hybridized carbons (Fsp3) is 0.455. The van der Waals surface area contributed by atoms with Gasteiger partial charge in [0.2, 0.25) is 0 Å². The summed E-state index contributed by atoms with van der Waals surface area (Å²) in [5.74, 6) is 5.18. The van der Waals surface area contributed by atoms with Gasteiger partial charge in [-0.15, -0.1) is 6.42 Å². The van der Waals surface area contributed by atoms with E-state index in [0.717, 1.165) is 49.3 Å². The molecular formula is C22H24N6O2S.